The smallest absolute Gasteiger partial charge is 0.360 e. The molecule has 1 aromatic heterocycles. The van der Waals surface area contributed by atoms with Gasteiger partial charge in [-0.25, -0.2) is 0 Å². The van der Waals surface area contributed by atoms with E-state index in [-0.39, 0.29) is 5.13 Å². The van der Waals surface area contributed by atoms with Crippen molar-refractivity contribution >= 4 is 16.5 Å². The molecule has 3 nitrogen and oxygen atoms in total. The monoisotopic (exact) mass is 263 g/mol. The molecule has 0 atom stereocenters. The number of halogens is 3. The van der Waals surface area contributed by atoms with Gasteiger partial charge in [0.1, 0.15) is 0 Å². The van der Waals surface area contributed by atoms with E-state index < -0.39 is 11.2 Å². The van der Waals surface area contributed by atoms with Crippen LogP contribution in [0.25, 0.3) is 0 Å². The molecule has 0 fully saturated rings. The number of nitrogens with zero attached hydrogens (tertiary/aromatic N) is 2. The zero-order valence-corrected chi connectivity index (χ0v) is 9.87. The van der Waals surface area contributed by atoms with Crippen molar-refractivity contribution in [3.8, 4) is 0 Å². The second kappa shape index (κ2) is 5.03. The fourth-order valence-electron chi connectivity index (χ4n) is 1.70. The van der Waals surface area contributed by atoms with Gasteiger partial charge in [-0.15, -0.1) is 10.2 Å². The highest BCUT2D eigenvalue weighted by Crippen LogP contribution is 2.33. The summed E-state index contributed by atoms with van der Waals surface area (Å²) in [5.74, 6) is 0. The molecule has 1 N–H and O–H groups in total. The average molecular weight is 263 g/mol. The van der Waals surface area contributed by atoms with Gasteiger partial charge in [0.15, 0.2) is 0 Å². The van der Waals surface area contributed by atoms with Gasteiger partial charge in [0.05, 0.1) is 0 Å². The highest BCUT2D eigenvalue weighted by molar-refractivity contribution is 7.15. The Labute approximate surface area is 101 Å². The minimum absolute atomic E-state index is 0.232. The third kappa shape index (κ3) is 3.42. The summed E-state index contributed by atoms with van der Waals surface area (Å²) in [6, 6.07) is 0. The first-order chi connectivity index (χ1) is 8.05. The highest BCUT2D eigenvalue weighted by atomic mass is 32.1. The molecule has 1 aliphatic rings. The highest BCUT2D eigenvalue weighted by Gasteiger charge is 2.35. The Morgan fingerprint density at radius 3 is 2.76 bits per heavy atom. The van der Waals surface area contributed by atoms with E-state index >= 15 is 0 Å². The van der Waals surface area contributed by atoms with Crippen LogP contribution >= 0.6 is 11.3 Å². The van der Waals surface area contributed by atoms with Gasteiger partial charge in [0, 0.05) is 6.54 Å². The first-order valence-corrected chi connectivity index (χ1v) is 6.20. The third-order valence-electron chi connectivity index (χ3n) is 2.52. The molecule has 94 valence electrons. The van der Waals surface area contributed by atoms with Gasteiger partial charge < -0.3 is 5.32 Å². The molecule has 1 heterocycles. The molecule has 1 aromatic rings. The number of hydrogen-bond acceptors (Lipinski definition) is 4. The van der Waals surface area contributed by atoms with Crippen LogP contribution in [0.5, 0.6) is 0 Å². The van der Waals surface area contributed by atoms with Crippen LogP contribution in [0.4, 0.5) is 18.3 Å². The van der Waals surface area contributed by atoms with Crippen LogP contribution in [-0.4, -0.2) is 16.7 Å². The quantitative estimate of drug-likeness (QED) is 0.845. The van der Waals surface area contributed by atoms with Gasteiger partial charge in [-0.2, -0.15) is 13.2 Å². The number of aromatic nitrogens is 2. The molecular formula is C10H12F3N3S. The van der Waals surface area contributed by atoms with Crippen LogP contribution in [-0.2, 0) is 6.18 Å². The molecule has 17 heavy (non-hydrogen) atoms. The standard InChI is InChI=1S/C10H12F3N3S/c11-10(12,13)8-15-16-9(17-8)14-6-5-7-3-1-2-4-7/h3H,1-2,4-6H2,(H,14,16). The Hall–Kier alpha value is -1.11. The Bertz CT molecular complexity index is 411. The first-order valence-electron chi connectivity index (χ1n) is 5.38. The zero-order chi connectivity index (χ0) is 12.3. The number of alkyl halides is 3. The van der Waals surface area contributed by atoms with Gasteiger partial charge >= 0.3 is 6.18 Å². The lowest BCUT2D eigenvalue weighted by Gasteiger charge is -2.02. The number of allylic oxidation sites excluding steroid dienone is 1. The molecule has 0 aliphatic heterocycles. The molecule has 0 unspecified atom stereocenters. The van der Waals surface area contributed by atoms with Crippen LogP contribution in [0.3, 0.4) is 0 Å². The van der Waals surface area contributed by atoms with E-state index in [0.717, 1.165) is 19.3 Å². The maximum Gasteiger partial charge on any atom is 0.445 e. The number of hydrogen-bond donors (Lipinski definition) is 1. The van der Waals surface area contributed by atoms with Crippen LogP contribution < -0.4 is 5.32 Å². The maximum atomic E-state index is 12.2. The van der Waals surface area contributed by atoms with Gasteiger partial charge in [0.2, 0.25) is 10.1 Å². The fourth-order valence-corrected chi connectivity index (χ4v) is 2.34. The molecular weight excluding hydrogens is 251 g/mol. The van der Waals surface area contributed by atoms with Gasteiger partial charge in [-0.1, -0.05) is 23.0 Å². The Morgan fingerprint density at radius 1 is 1.35 bits per heavy atom. The van der Waals surface area contributed by atoms with Crippen LogP contribution in [0, 0.1) is 0 Å². The van der Waals surface area contributed by atoms with Crippen LogP contribution in [0.2, 0.25) is 0 Å². The predicted octanol–water partition coefficient (Wildman–Crippen LogP) is 3.47. The summed E-state index contributed by atoms with van der Waals surface area (Å²) < 4.78 is 36.7. The maximum absolute atomic E-state index is 12.2. The average Bonchev–Trinajstić information content (AvgIpc) is 2.86. The summed E-state index contributed by atoms with van der Waals surface area (Å²) in [5, 5.41) is 8.77. The zero-order valence-electron chi connectivity index (χ0n) is 9.05. The van der Waals surface area contributed by atoms with Crippen molar-refractivity contribution < 1.29 is 13.2 Å². The lowest BCUT2D eigenvalue weighted by molar-refractivity contribution is -0.138. The van der Waals surface area contributed by atoms with Crippen LogP contribution in [0.1, 0.15) is 30.7 Å². The van der Waals surface area contributed by atoms with E-state index in [1.54, 1.807) is 0 Å². The van der Waals surface area contributed by atoms with Crippen molar-refractivity contribution in [2.45, 2.75) is 31.9 Å². The molecule has 2 rings (SSSR count). The topological polar surface area (TPSA) is 37.8 Å². The van der Waals surface area contributed by atoms with Gasteiger partial charge in [-0.05, 0) is 25.7 Å². The van der Waals surface area contributed by atoms with Crippen molar-refractivity contribution in [3.63, 3.8) is 0 Å². The van der Waals surface area contributed by atoms with Gasteiger partial charge in [0.25, 0.3) is 0 Å². The second-order valence-electron chi connectivity index (χ2n) is 3.84. The van der Waals surface area contributed by atoms with Crippen molar-refractivity contribution in [3.05, 3.63) is 16.7 Å². The number of rotatable bonds is 4. The first kappa shape index (κ1) is 12.3. The Morgan fingerprint density at radius 2 is 2.18 bits per heavy atom. The Kier molecular flexibility index (Phi) is 3.66. The summed E-state index contributed by atoms with van der Waals surface area (Å²) in [6.45, 7) is 0.609. The summed E-state index contributed by atoms with van der Waals surface area (Å²) in [5.41, 5.74) is 1.37. The molecule has 0 saturated heterocycles. The SMILES string of the molecule is FC(F)(F)c1nnc(NCCC2=CCCC2)s1. The molecule has 7 heteroatoms. The molecule has 0 aromatic carbocycles. The lowest BCUT2D eigenvalue weighted by Crippen LogP contribution is -2.03. The third-order valence-corrected chi connectivity index (χ3v) is 3.45. The van der Waals surface area contributed by atoms with Crippen molar-refractivity contribution in [1.82, 2.24) is 10.2 Å². The molecule has 1 aliphatic carbocycles. The van der Waals surface area contributed by atoms with Crippen molar-refractivity contribution in [2.24, 2.45) is 0 Å². The molecule has 0 amide bonds. The summed E-state index contributed by atoms with van der Waals surface area (Å²) >= 11 is 0.545. The number of nitrogens with one attached hydrogen (secondary N) is 1. The van der Waals surface area contributed by atoms with Gasteiger partial charge in [-0.3, -0.25) is 0 Å². The van der Waals surface area contributed by atoms with E-state index in [9.17, 15) is 13.2 Å². The largest absolute Gasteiger partial charge is 0.445 e. The second-order valence-corrected chi connectivity index (χ2v) is 4.82. The normalized spacial score (nSPS) is 16.1. The Balaban J connectivity index is 1.81. The fraction of sp³-hybridized carbons (Fsp3) is 0.600. The minimum atomic E-state index is -4.40. The number of anilines is 1. The predicted molar refractivity (Wildman–Crippen MR) is 60.0 cm³/mol. The van der Waals surface area contributed by atoms with E-state index in [0.29, 0.717) is 17.9 Å². The molecule has 0 bridgehead atoms. The van der Waals surface area contributed by atoms with E-state index in [2.05, 4.69) is 21.6 Å². The summed E-state index contributed by atoms with van der Waals surface area (Å²) in [7, 11) is 0. The van der Waals surface area contributed by atoms with Crippen LogP contribution in [0.15, 0.2) is 11.6 Å². The summed E-state index contributed by atoms with van der Waals surface area (Å²) in [6.07, 6.45) is 2.07. The minimum Gasteiger partial charge on any atom is -0.360 e. The van der Waals surface area contributed by atoms with E-state index in [4.69, 9.17) is 0 Å². The lowest BCUT2D eigenvalue weighted by atomic mass is 10.2. The van der Waals surface area contributed by atoms with E-state index in [1.807, 2.05) is 0 Å². The molecule has 0 saturated carbocycles. The van der Waals surface area contributed by atoms with Crippen molar-refractivity contribution in [1.29, 1.82) is 0 Å². The molecule has 0 radical (unpaired) electrons. The molecule has 0 spiro atoms. The summed E-state index contributed by atoms with van der Waals surface area (Å²) in [4.78, 5) is 0. The van der Waals surface area contributed by atoms with E-state index in [1.165, 1.54) is 12.0 Å². The van der Waals surface area contributed by atoms with Crippen molar-refractivity contribution in [2.75, 3.05) is 11.9 Å².